The van der Waals surface area contributed by atoms with Gasteiger partial charge in [-0.15, -0.1) is 0 Å². The summed E-state index contributed by atoms with van der Waals surface area (Å²) >= 11 is 0. The van der Waals surface area contributed by atoms with Crippen molar-refractivity contribution in [2.75, 3.05) is 0 Å². The van der Waals surface area contributed by atoms with Gasteiger partial charge in [-0.3, -0.25) is 4.79 Å². The SMILES string of the molecule is CCc1ccc(C(C)NC(=O)C(C)NC(=O)OC(C)C)cc1. The Morgan fingerprint density at radius 1 is 1.05 bits per heavy atom. The average Bonchev–Trinajstić information content (AvgIpc) is 2.46. The number of aryl methyl sites for hydroxylation is 1. The van der Waals surface area contributed by atoms with E-state index in [1.165, 1.54) is 5.56 Å². The van der Waals surface area contributed by atoms with Gasteiger partial charge in [0.25, 0.3) is 0 Å². The van der Waals surface area contributed by atoms with Gasteiger partial charge in [-0.2, -0.15) is 0 Å². The Morgan fingerprint density at radius 2 is 1.64 bits per heavy atom. The van der Waals surface area contributed by atoms with Crippen LogP contribution in [-0.2, 0) is 16.0 Å². The summed E-state index contributed by atoms with van der Waals surface area (Å²) in [4.78, 5) is 23.6. The maximum atomic E-state index is 12.1. The minimum Gasteiger partial charge on any atom is -0.447 e. The summed E-state index contributed by atoms with van der Waals surface area (Å²) in [5.74, 6) is -0.243. The third kappa shape index (κ3) is 5.76. The molecule has 2 N–H and O–H groups in total. The molecule has 0 saturated heterocycles. The van der Waals surface area contributed by atoms with Crippen molar-refractivity contribution in [3.63, 3.8) is 0 Å². The third-order valence-corrected chi connectivity index (χ3v) is 3.32. The van der Waals surface area contributed by atoms with Crippen LogP contribution in [0.2, 0.25) is 0 Å². The van der Waals surface area contributed by atoms with Gasteiger partial charge in [0.2, 0.25) is 5.91 Å². The zero-order valence-electron chi connectivity index (χ0n) is 14.0. The predicted octanol–water partition coefficient (Wildman–Crippen LogP) is 2.95. The van der Waals surface area contributed by atoms with E-state index >= 15 is 0 Å². The molecule has 2 amide bonds. The molecule has 5 nitrogen and oxygen atoms in total. The number of hydrogen-bond donors (Lipinski definition) is 2. The number of ether oxygens (including phenoxy) is 1. The summed E-state index contributed by atoms with van der Waals surface area (Å²) in [6.45, 7) is 9.16. The maximum absolute atomic E-state index is 12.1. The molecule has 2 unspecified atom stereocenters. The van der Waals surface area contributed by atoms with Gasteiger partial charge in [0.05, 0.1) is 12.1 Å². The van der Waals surface area contributed by atoms with Crippen LogP contribution in [0.3, 0.4) is 0 Å². The lowest BCUT2D eigenvalue weighted by atomic mass is 10.0. The first kappa shape index (κ1) is 18.0. The summed E-state index contributed by atoms with van der Waals surface area (Å²) < 4.78 is 4.96. The van der Waals surface area contributed by atoms with E-state index in [1.54, 1.807) is 20.8 Å². The number of carbonyl (C=O) groups is 2. The van der Waals surface area contributed by atoms with Crippen LogP contribution < -0.4 is 10.6 Å². The monoisotopic (exact) mass is 306 g/mol. The normalized spacial score (nSPS) is 13.4. The molecule has 0 fully saturated rings. The van der Waals surface area contributed by atoms with Crippen molar-refractivity contribution in [3.8, 4) is 0 Å². The minimum atomic E-state index is -0.649. The summed E-state index contributed by atoms with van der Waals surface area (Å²) in [5, 5.41) is 5.40. The van der Waals surface area contributed by atoms with Gasteiger partial charge in [0.15, 0.2) is 0 Å². The van der Waals surface area contributed by atoms with E-state index in [1.807, 2.05) is 19.1 Å². The van der Waals surface area contributed by atoms with Crippen molar-refractivity contribution in [1.29, 1.82) is 0 Å². The van der Waals surface area contributed by atoms with Crippen LogP contribution in [0.5, 0.6) is 0 Å². The van der Waals surface area contributed by atoms with E-state index < -0.39 is 12.1 Å². The quantitative estimate of drug-likeness (QED) is 0.849. The number of nitrogens with one attached hydrogen (secondary N) is 2. The second-order valence-electron chi connectivity index (χ2n) is 5.65. The molecule has 1 rings (SSSR count). The molecule has 0 spiro atoms. The molecular weight excluding hydrogens is 280 g/mol. The van der Waals surface area contributed by atoms with E-state index in [2.05, 4.69) is 29.7 Å². The summed E-state index contributed by atoms with van der Waals surface area (Å²) in [7, 11) is 0. The highest BCUT2D eigenvalue weighted by molar-refractivity contribution is 5.85. The van der Waals surface area contributed by atoms with Gasteiger partial charge in [0, 0.05) is 0 Å². The van der Waals surface area contributed by atoms with Crippen molar-refractivity contribution in [1.82, 2.24) is 10.6 Å². The number of amides is 2. The first-order chi connectivity index (χ1) is 10.3. The van der Waals surface area contributed by atoms with Crippen molar-refractivity contribution in [2.45, 2.75) is 59.2 Å². The number of carbonyl (C=O) groups excluding carboxylic acids is 2. The lowest BCUT2D eigenvalue weighted by Gasteiger charge is -2.19. The Labute approximate surface area is 132 Å². The fourth-order valence-corrected chi connectivity index (χ4v) is 1.95. The Morgan fingerprint density at radius 3 is 2.14 bits per heavy atom. The van der Waals surface area contributed by atoms with Crippen LogP contribution in [0, 0.1) is 0 Å². The van der Waals surface area contributed by atoms with Gasteiger partial charge in [-0.25, -0.2) is 4.79 Å². The molecule has 0 bridgehead atoms. The highest BCUT2D eigenvalue weighted by atomic mass is 16.6. The fraction of sp³-hybridized carbons (Fsp3) is 0.529. The smallest absolute Gasteiger partial charge is 0.408 e. The number of rotatable bonds is 6. The summed E-state index contributed by atoms with van der Waals surface area (Å²) in [6.07, 6.45) is 0.184. The average molecular weight is 306 g/mol. The molecule has 5 heteroatoms. The van der Waals surface area contributed by atoms with Crippen LogP contribution in [-0.4, -0.2) is 24.1 Å². The van der Waals surface area contributed by atoms with E-state index in [0.717, 1.165) is 12.0 Å². The summed E-state index contributed by atoms with van der Waals surface area (Å²) in [6, 6.07) is 7.36. The van der Waals surface area contributed by atoms with E-state index in [-0.39, 0.29) is 18.1 Å². The van der Waals surface area contributed by atoms with Crippen molar-refractivity contribution >= 4 is 12.0 Å². The highest BCUT2D eigenvalue weighted by Gasteiger charge is 2.19. The predicted molar refractivity (Wildman–Crippen MR) is 86.6 cm³/mol. The maximum Gasteiger partial charge on any atom is 0.408 e. The molecule has 0 aromatic heterocycles. The lowest BCUT2D eigenvalue weighted by molar-refractivity contribution is -0.123. The Hall–Kier alpha value is -2.04. The van der Waals surface area contributed by atoms with E-state index in [0.29, 0.717) is 0 Å². The second-order valence-corrected chi connectivity index (χ2v) is 5.65. The van der Waals surface area contributed by atoms with Gasteiger partial charge >= 0.3 is 6.09 Å². The van der Waals surface area contributed by atoms with E-state index in [4.69, 9.17) is 4.74 Å². The largest absolute Gasteiger partial charge is 0.447 e. The zero-order chi connectivity index (χ0) is 16.7. The number of hydrogen-bond acceptors (Lipinski definition) is 3. The van der Waals surface area contributed by atoms with Gasteiger partial charge in [0.1, 0.15) is 6.04 Å². The Bertz CT molecular complexity index is 497. The second kappa shape index (κ2) is 8.41. The van der Waals surface area contributed by atoms with Crippen LogP contribution in [0.25, 0.3) is 0 Å². The van der Waals surface area contributed by atoms with Gasteiger partial charge in [-0.1, -0.05) is 31.2 Å². The molecule has 0 radical (unpaired) electrons. The molecule has 0 saturated carbocycles. The highest BCUT2D eigenvalue weighted by Crippen LogP contribution is 2.13. The first-order valence-electron chi connectivity index (χ1n) is 7.69. The summed E-state index contributed by atoms with van der Waals surface area (Å²) in [5.41, 5.74) is 2.29. The molecule has 2 atom stereocenters. The molecule has 1 aromatic rings. The molecule has 22 heavy (non-hydrogen) atoms. The van der Waals surface area contributed by atoms with Crippen molar-refractivity contribution < 1.29 is 14.3 Å². The molecular formula is C17H26N2O3. The Kier molecular flexibility index (Phi) is 6.89. The van der Waals surface area contributed by atoms with Gasteiger partial charge in [-0.05, 0) is 45.2 Å². The molecule has 1 aromatic carbocycles. The zero-order valence-corrected chi connectivity index (χ0v) is 14.0. The molecule has 0 aliphatic carbocycles. The molecule has 0 aliphatic rings. The fourth-order valence-electron chi connectivity index (χ4n) is 1.95. The number of benzene rings is 1. The van der Waals surface area contributed by atoms with Crippen LogP contribution in [0.1, 0.15) is 51.8 Å². The standard InChI is InChI=1S/C17H26N2O3/c1-6-14-7-9-15(10-8-14)12(4)18-16(20)13(5)19-17(21)22-11(2)3/h7-13H,6H2,1-5H3,(H,18,20)(H,19,21). The molecule has 122 valence electrons. The number of alkyl carbamates (subject to hydrolysis) is 1. The topological polar surface area (TPSA) is 67.4 Å². The van der Waals surface area contributed by atoms with Crippen molar-refractivity contribution in [3.05, 3.63) is 35.4 Å². The molecule has 0 heterocycles. The Balaban J connectivity index is 2.53. The van der Waals surface area contributed by atoms with Crippen LogP contribution >= 0.6 is 0 Å². The third-order valence-electron chi connectivity index (χ3n) is 3.32. The van der Waals surface area contributed by atoms with E-state index in [9.17, 15) is 9.59 Å². The van der Waals surface area contributed by atoms with Crippen LogP contribution in [0.15, 0.2) is 24.3 Å². The van der Waals surface area contributed by atoms with Crippen LogP contribution in [0.4, 0.5) is 4.79 Å². The molecule has 0 aliphatic heterocycles. The first-order valence-corrected chi connectivity index (χ1v) is 7.69. The lowest BCUT2D eigenvalue weighted by Crippen LogP contribution is -2.46. The van der Waals surface area contributed by atoms with Gasteiger partial charge < -0.3 is 15.4 Å². The van der Waals surface area contributed by atoms with Crippen molar-refractivity contribution in [2.24, 2.45) is 0 Å². The minimum absolute atomic E-state index is 0.122.